The van der Waals surface area contributed by atoms with E-state index >= 15 is 0 Å². The van der Waals surface area contributed by atoms with Crippen molar-refractivity contribution in [2.75, 3.05) is 6.61 Å². The zero-order chi connectivity index (χ0) is 21.3. The van der Waals surface area contributed by atoms with Crippen LogP contribution in [0.25, 0.3) is 0 Å². The maximum absolute atomic E-state index is 12.2. The molecule has 1 atom stereocenters. The quantitative estimate of drug-likeness (QED) is 0.662. The van der Waals surface area contributed by atoms with Crippen molar-refractivity contribution >= 4 is 23.3 Å². The minimum absolute atomic E-state index is 0.0591. The molecule has 0 saturated heterocycles. The zero-order valence-electron chi connectivity index (χ0n) is 16.2. The lowest BCUT2D eigenvalue weighted by molar-refractivity contribution is 0.0931. The molecule has 2 aromatic carbocycles. The molecule has 0 saturated carbocycles. The molecule has 2 N–H and O–H groups in total. The highest BCUT2D eigenvalue weighted by molar-refractivity contribution is 6.30. The molecule has 0 aliphatic carbocycles. The Kier molecular flexibility index (Phi) is 5.42. The van der Waals surface area contributed by atoms with E-state index in [0.29, 0.717) is 46.4 Å². The number of carbonyl (C=O) groups excluding carboxylic acids is 2. The summed E-state index contributed by atoms with van der Waals surface area (Å²) in [6, 6.07) is 13.8. The highest BCUT2D eigenvalue weighted by atomic mass is 35.5. The van der Waals surface area contributed by atoms with Gasteiger partial charge in [0.25, 0.3) is 0 Å². The van der Waals surface area contributed by atoms with Gasteiger partial charge in [-0.2, -0.15) is 0 Å². The predicted octanol–water partition coefficient (Wildman–Crippen LogP) is 4.28. The van der Waals surface area contributed by atoms with Gasteiger partial charge in [-0.25, -0.2) is 0 Å². The molecule has 2 heterocycles. The van der Waals surface area contributed by atoms with Crippen LogP contribution in [0.2, 0.25) is 5.02 Å². The number of carbonyl (C=O) groups is 2. The van der Waals surface area contributed by atoms with E-state index in [2.05, 4.69) is 4.98 Å². The molecule has 30 heavy (non-hydrogen) atoms. The Morgan fingerprint density at radius 1 is 1.17 bits per heavy atom. The summed E-state index contributed by atoms with van der Waals surface area (Å²) in [5.41, 5.74) is 8.48. The number of Topliss-reactive ketones (excluding diaryl/α,β-unsaturated/α-hetero) is 1. The molecule has 0 bridgehead atoms. The van der Waals surface area contributed by atoms with E-state index in [1.165, 1.54) is 0 Å². The number of ketones is 1. The smallest absolute Gasteiger partial charge is 0.248 e. The average molecular weight is 423 g/mol. The molecular formula is C23H19ClN2O4. The standard InChI is InChI=1S/C23H19ClN2O4/c1-13-20(9-7-17-19(27)10-11-29-21(13)17)30-22(18-8-6-16(24)12-26-18)14-2-4-15(5-3-14)23(25)28/h2-9,12,22H,10-11H2,1H3,(H2,25,28). The van der Waals surface area contributed by atoms with E-state index < -0.39 is 12.0 Å². The van der Waals surface area contributed by atoms with Crippen molar-refractivity contribution in [3.05, 3.63) is 87.7 Å². The van der Waals surface area contributed by atoms with Gasteiger partial charge in [-0.3, -0.25) is 14.6 Å². The lowest BCUT2D eigenvalue weighted by Crippen LogP contribution is -2.17. The van der Waals surface area contributed by atoms with Crippen LogP contribution in [-0.2, 0) is 0 Å². The van der Waals surface area contributed by atoms with E-state index in [1.54, 1.807) is 54.7 Å². The molecule has 3 aromatic rings. The molecule has 0 radical (unpaired) electrons. The highest BCUT2D eigenvalue weighted by Crippen LogP contribution is 2.37. The first-order valence-electron chi connectivity index (χ1n) is 9.41. The Morgan fingerprint density at radius 3 is 2.60 bits per heavy atom. The first-order valence-corrected chi connectivity index (χ1v) is 9.79. The van der Waals surface area contributed by atoms with Crippen LogP contribution in [0.5, 0.6) is 11.5 Å². The number of ether oxygens (including phenoxy) is 2. The summed E-state index contributed by atoms with van der Waals surface area (Å²) in [6.45, 7) is 2.21. The molecular weight excluding hydrogens is 404 g/mol. The van der Waals surface area contributed by atoms with Crippen LogP contribution in [0.3, 0.4) is 0 Å². The normalized spacial score (nSPS) is 13.9. The third kappa shape index (κ3) is 3.86. The van der Waals surface area contributed by atoms with E-state index in [1.807, 2.05) is 6.92 Å². The van der Waals surface area contributed by atoms with Gasteiger partial charge in [-0.05, 0) is 48.9 Å². The first-order chi connectivity index (χ1) is 14.4. The number of rotatable bonds is 5. The first kappa shape index (κ1) is 19.9. The highest BCUT2D eigenvalue weighted by Gasteiger charge is 2.25. The molecule has 0 fully saturated rings. The molecule has 0 spiro atoms. The third-order valence-electron chi connectivity index (χ3n) is 4.99. The maximum Gasteiger partial charge on any atom is 0.248 e. The molecule has 1 unspecified atom stereocenters. The van der Waals surface area contributed by atoms with Crippen molar-refractivity contribution in [3.63, 3.8) is 0 Å². The molecule has 1 aromatic heterocycles. The number of pyridine rings is 1. The average Bonchev–Trinajstić information content (AvgIpc) is 2.75. The van der Waals surface area contributed by atoms with Crippen LogP contribution in [-0.4, -0.2) is 23.3 Å². The summed E-state index contributed by atoms with van der Waals surface area (Å²) in [4.78, 5) is 28.0. The number of primary amides is 1. The summed E-state index contributed by atoms with van der Waals surface area (Å²) in [5, 5.41) is 0.512. The Hall–Kier alpha value is -3.38. The molecule has 1 aliphatic heterocycles. The van der Waals surface area contributed by atoms with Gasteiger partial charge in [0, 0.05) is 23.7 Å². The second-order valence-electron chi connectivity index (χ2n) is 6.97. The fraction of sp³-hybridized carbons (Fsp3) is 0.174. The Labute approximate surface area is 178 Å². The maximum atomic E-state index is 12.2. The Morgan fingerprint density at radius 2 is 1.93 bits per heavy atom. The molecule has 152 valence electrons. The number of amides is 1. The lowest BCUT2D eigenvalue weighted by Gasteiger charge is -2.24. The van der Waals surface area contributed by atoms with Crippen molar-refractivity contribution < 1.29 is 19.1 Å². The fourth-order valence-corrected chi connectivity index (χ4v) is 3.49. The van der Waals surface area contributed by atoms with Crippen LogP contribution in [0.4, 0.5) is 0 Å². The number of hydrogen-bond donors (Lipinski definition) is 1. The Balaban J connectivity index is 1.74. The molecule has 1 aliphatic rings. The van der Waals surface area contributed by atoms with Crippen molar-refractivity contribution in [2.45, 2.75) is 19.4 Å². The van der Waals surface area contributed by atoms with Gasteiger partial charge in [0.05, 0.1) is 22.9 Å². The predicted molar refractivity (Wildman–Crippen MR) is 112 cm³/mol. The lowest BCUT2D eigenvalue weighted by atomic mass is 10.0. The zero-order valence-corrected chi connectivity index (χ0v) is 17.0. The summed E-state index contributed by atoms with van der Waals surface area (Å²) in [6.07, 6.45) is 1.35. The minimum Gasteiger partial charge on any atom is -0.492 e. The van der Waals surface area contributed by atoms with Gasteiger partial charge >= 0.3 is 0 Å². The second-order valence-corrected chi connectivity index (χ2v) is 7.41. The van der Waals surface area contributed by atoms with Gasteiger partial charge in [-0.15, -0.1) is 0 Å². The molecule has 4 rings (SSSR count). The van der Waals surface area contributed by atoms with E-state index in [4.69, 9.17) is 26.8 Å². The van der Waals surface area contributed by atoms with Gasteiger partial charge in [-0.1, -0.05) is 23.7 Å². The van der Waals surface area contributed by atoms with E-state index in [9.17, 15) is 9.59 Å². The van der Waals surface area contributed by atoms with Gasteiger partial charge in [0.2, 0.25) is 5.91 Å². The number of hydrogen-bond acceptors (Lipinski definition) is 5. The van der Waals surface area contributed by atoms with Crippen molar-refractivity contribution in [1.29, 1.82) is 0 Å². The topological polar surface area (TPSA) is 91.5 Å². The molecule has 7 heteroatoms. The number of benzene rings is 2. The Bertz CT molecular complexity index is 1110. The van der Waals surface area contributed by atoms with Crippen LogP contribution < -0.4 is 15.2 Å². The summed E-state index contributed by atoms with van der Waals surface area (Å²) in [5.74, 6) is 0.680. The molecule has 1 amide bonds. The number of fused-ring (bicyclic) bond motifs is 1. The van der Waals surface area contributed by atoms with Gasteiger partial charge in [0.15, 0.2) is 11.9 Å². The largest absolute Gasteiger partial charge is 0.492 e. The summed E-state index contributed by atoms with van der Waals surface area (Å²) < 4.78 is 12.1. The SMILES string of the molecule is Cc1c(OC(c2ccc(C(N)=O)cc2)c2ccc(Cl)cn2)ccc2c1OCCC2=O. The van der Waals surface area contributed by atoms with Crippen LogP contribution in [0.15, 0.2) is 54.7 Å². The monoisotopic (exact) mass is 422 g/mol. The third-order valence-corrected chi connectivity index (χ3v) is 5.22. The van der Waals surface area contributed by atoms with Crippen LogP contribution >= 0.6 is 11.6 Å². The van der Waals surface area contributed by atoms with Crippen molar-refractivity contribution in [1.82, 2.24) is 4.98 Å². The van der Waals surface area contributed by atoms with E-state index in [-0.39, 0.29) is 5.78 Å². The summed E-state index contributed by atoms with van der Waals surface area (Å²) >= 11 is 5.99. The van der Waals surface area contributed by atoms with Crippen LogP contribution in [0, 0.1) is 6.92 Å². The van der Waals surface area contributed by atoms with Crippen molar-refractivity contribution in [2.24, 2.45) is 5.73 Å². The minimum atomic E-state index is -0.569. The van der Waals surface area contributed by atoms with Gasteiger partial charge in [0.1, 0.15) is 11.5 Å². The van der Waals surface area contributed by atoms with E-state index in [0.717, 1.165) is 11.1 Å². The van der Waals surface area contributed by atoms with Crippen LogP contribution in [0.1, 0.15) is 50.1 Å². The number of nitrogens with two attached hydrogens (primary N) is 1. The summed E-state index contributed by atoms with van der Waals surface area (Å²) in [7, 11) is 0. The number of nitrogens with zero attached hydrogens (tertiary/aromatic N) is 1. The van der Waals surface area contributed by atoms with Gasteiger partial charge < -0.3 is 15.2 Å². The molecule has 6 nitrogen and oxygen atoms in total. The second kappa shape index (κ2) is 8.16. The number of halogens is 1. The van der Waals surface area contributed by atoms with Crippen molar-refractivity contribution in [3.8, 4) is 11.5 Å². The fourth-order valence-electron chi connectivity index (χ4n) is 3.38. The number of aromatic nitrogens is 1.